The SMILES string of the molecule is CC(=O)Nc1ccc(NC(=O)c2c(C)nn(-c3ccccc3)c2C)cc1. The molecule has 0 spiro atoms. The molecule has 0 aliphatic rings. The van der Waals surface area contributed by atoms with Crippen LogP contribution in [-0.2, 0) is 4.79 Å². The average molecular weight is 348 g/mol. The Balaban J connectivity index is 1.82. The molecule has 0 bridgehead atoms. The fourth-order valence-corrected chi connectivity index (χ4v) is 2.83. The Labute approximate surface area is 151 Å². The molecule has 0 atom stereocenters. The van der Waals surface area contributed by atoms with Gasteiger partial charge in [-0.1, -0.05) is 18.2 Å². The lowest BCUT2D eigenvalue weighted by Crippen LogP contribution is -2.14. The minimum absolute atomic E-state index is 0.138. The fourth-order valence-electron chi connectivity index (χ4n) is 2.83. The van der Waals surface area contributed by atoms with E-state index in [-0.39, 0.29) is 11.8 Å². The summed E-state index contributed by atoms with van der Waals surface area (Å²) in [5.41, 5.74) is 4.24. The Hall–Kier alpha value is -3.41. The van der Waals surface area contributed by atoms with Crippen molar-refractivity contribution in [1.29, 1.82) is 0 Å². The lowest BCUT2D eigenvalue weighted by molar-refractivity contribution is -0.114. The third-order valence-electron chi connectivity index (χ3n) is 3.98. The van der Waals surface area contributed by atoms with Gasteiger partial charge in [0.15, 0.2) is 0 Å². The second-order valence-electron chi connectivity index (χ2n) is 6.01. The highest BCUT2D eigenvalue weighted by molar-refractivity contribution is 6.06. The van der Waals surface area contributed by atoms with Crippen molar-refractivity contribution in [2.45, 2.75) is 20.8 Å². The number of nitrogens with one attached hydrogen (secondary N) is 2. The first-order chi connectivity index (χ1) is 12.5. The predicted molar refractivity (Wildman–Crippen MR) is 102 cm³/mol. The van der Waals surface area contributed by atoms with Gasteiger partial charge in [-0.2, -0.15) is 5.10 Å². The normalized spacial score (nSPS) is 10.4. The van der Waals surface area contributed by atoms with Crippen molar-refractivity contribution in [3.63, 3.8) is 0 Å². The number of anilines is 2. The van der Waals surface area contributed by atoms with Crippen LogP contribution in [0, 0.1) is 13.8 Å². The summed E-state index contributed by atoms with van der Waals surface area (Å²) in [7, 11) is 0. The van der Waals surface area contributed by atoms with Crippen LogP contribution in [0.1, 0.15) is 28.7 Å². The van der Waals surface area contributed by atoms with E-state index in [1.54, 1.807) is 28.9 Å². The molecule has 1 aromatic heterocycles. The van der Waals surface area contributed by atoms with E-state index >= 15 is 0 Å². The van der Waals surface area contributed by atoms with Crippen LogP contribution in [0.4, 0.5) is 11.4 Å². The molecule has 0 saturated carbocycles. The largest absolute Gasteiger partial charge is 0.326 e. The van der Waals surface area contributed by atoms with Crippen molar-refractivity contribution < 1.29 is 9.59 Å². The molecule has 132 valence electrons. The Bertz CT molecular complexity index is 944. The van der Waals surface area contributed by atoms with E-state index in [4.69, 9.17) is 0 Å². The van der Waals surface area contributed by atoms with E-state index < -0.39 is 0 Å². The molecule has 3 aromatic rings. The van der Waals surface area contributed by atoms with Gasteiger partial charge in [0.25, 0.3) is 5.91 Å². The number of aryl methyl sites for hydroxylation is 1. The van der Waals surface area contributed by atoms with Crippen molar-refractivity contribution in [3.05, 3.63) is 71.5 Å². The number of para-hydroxylation sites is 1. The van der Waals surface area contributed by atoms with Crippen LogP contribution >= 0.6 is 0 Å². The predicted octanol–water partition coefficient (Wildman–Crippen LogP) is 3.70. The Morgan fingerprint density at radius 2 is 1.46 bits per heavy atom. The van der Waals surface area contributed by atoms with Crippen molar-refractivity contribution in [1.82, 2.24) is 9.78 Å². The topological polar surface area (TPSA) is 76.0 Å². The molecule has 0 aliphatic carbocycles. The third kappa shape index (κ3) is 3.64. The zero-order chi connectivity index (χ0) is 18.7. The molecule has 2 aromatic carbocycles. The first kappa shape index (κ1) is 17.4. The maximum absolute atomic E-state index is 12.7. The number of rotatable bonds is 4. The molecular weight excluding hydrogens is 328 g/mol. The second kappa shape index (κ2) is 7.23. The van der Waals surface area contributed by atoms with Crippen LogP contribution in [0.2, 0.25) is 0 Å². The van der Waals surface area contributed by atoms with Gasteiger partial charge in [0.05, 0.1) is 22.6 Å². The van der Waals surface area contributed by atoms with Crippen LogP contribution in [0.5, 0.6) is 0 Å². The minimum atomic E-state index is -0.213. The smallest absolute Gasteiger partial charge is 0.259 e. The fraction of sp³-hybridized carbons (Fsp3) is 0.150. The molecule has 26 heavy (non-hydrogen) atoms. The highest BCUT2D eigenvalue weighted by Crippen LogP contribution is 2.20. The van der Waals surface area contributed by atoms with E-state index in [2.05, 4.69) is 15.7 Å². The summed E-state index contributed by atoms with van der Waals surface area (Å²) in [6.45, 7) is 5.15. The molecule has 0 radical (unpaired) electrons. The van der Waals surface area contributed by atoms with Crippen LogP contribution in [0.15, 0.2) is 54.6 Å². The number of carbonyl (C=O) groups excluding carboxylic acids is 2. The van der Waals surface area contributed by atoms with Gasteiger partial charge in [0.2, 0.25) is 5.91 Å². The lowest BCUT2D eigenvalue weighted by Gasteiger charge is -2.08. The molecule has 0 fully saturated rings. The summed E-state index contributed by atoms with van der Waals surface area (Å²) in [6, 6.07) is 16.7. The van der Waals surface area contributed by atoms with Crippen LogP contribution in [0.25, 0.3) is 5.69 Å². The summed E-state index contributed by atoms with van der Waals surface area (Å²) in [5.74, 6) is -0.351. The van der Waals surface area contributed by atoms with E-state index in [9.17, 15) is 9.59 Å². The van der Waals surface area contributed by atoms with Crippen molar-refractivity contribution in [2.24, 2.45) is 0 Å². The van der Waals surface area contributed by atoms with E-state index in [1.165, 1.54) is 6.92 Å². The lowest BCUT2D eigenvalue weighted by atomic mass is 10.1. The van der Waals surface area contributed by atoms with Gasteiger partial charge in [0.1, 0.15) is 0 Å². The van der Waals surface area contributed by atoms with Gasteiger partial charge in [-0.25, -0.2) is 4.68 Å². The van der Waals surface area contributed by atoms with E-state index in [0.29, 0.717) is 22.6 Å². The van der Waals surface area contributed by atoms with Crippen molar-refractivity contribution in [2.75, 3.05) is 10.6 Å². The van der Waals surface area contributed by atoms with E-state index in [1.807, 2.05) is 44.2 Å². The molecule has 6 nitrogen and oxygen atoms in total. The molecule has 0 unspecified atom stereocenters. The van der Waals surface area contributed by atoms with E-state index in [0.717, 1.165) is 11.4 Å². The number of benzene rings is 2. The van der Waals surface area contributed by atoms with Gasteiger partial charge in [0, 0.05) is 18.3 Å². The number of nitrogens with zero attached hydrogens (tertiary/aromatic N) is 2. The summed E-state index contributed by atoms with van der Waals surface area (Å²) in [4.78, 5) is 23.8. The molecule has 0 saturated heterocycles. The molecule has 2 N–H and O–H groups in total. The average Bonchev–Trinajstić information content (AvgIpc) is 2.91. The van der Waals surface area contributed by atoms with Crippen LogP contribution in [0.3, 0.4) is 0 Å². The third-order valence-corrected chi connectivity index (χ3v) is 3.98. The van der Waals surface area contributed by atoms with Gasteiger partial charge >= 0.3 is 0 Å². The molecule has 6 heteroatoms. The summed E-state index contributed by atoms with van der Waals surface area (Å²) < 4.78 is 1.77. The first-order valence-corrected chi connectivity index (χ1v) is 8.26. The Morgan fingerprint density at radius 1 is 0.885 bits per heavy atom. The second-order valence-corrected chi connectivity index (χ2v) is 6.01. The maximum atomic E-state index is 12.7. The highest BCUT2D eigenvalue weighted by atomic mass is 16.2. The number of hydrogen-bond donors (Lipinski definition) is 2. The molecular formula is C20H20N4O2. The standard InChI is InChI=1S/C20H20N4O2/c1-13-19(14(2)24(23-13)18-7-5-4-6-8-18)20(26)22-17-11-9-16(10-12-17)21-15(3)25/h4-12H,1-3H3,(H,21,25)(H,22,26). The van der Waals surface area contributed by atoms with Crippen LogP contribution in [-0.4, -0.2) is 21.6 Å². The quantitative estimate of drug-likeness (QED) is 0.755. The summed E-state index contributed by atoms with van der Waals surface area (Å²) in [5, 5.41) is 10.1. The molecule has 1 heterocycles. The van der Waals surface area contributed by atoms with Gasteiger partial charge in [-0.15, -0.1) is 0 Å². The van der Waals surface area contributed by atoms with Gasteiger partial charge in [-0.05, 0) is 50.2 Å². The van der Waals surface area contributed by atoms with Gasteiger partial charge in [-0.3, -0.25) is 9.59 Å². The van der Waals surface area contributed by atoms with Crippen molar-refractivity contribution >= 4 is 23.2 Å². The first-order valence-electron chi connectivity index (χ1n) is 8.26. The maximum Gasteiger partial charge on any atom is 0.259 e. The zero-order valence-electron chi connectivity index (χ0n) is 14.9. The summed E-state index contributed by atoms with van der Waals surface area (Å²) in [6.07, 6.45) is 0. The number of hydrogen-bond acceptors (Lipinski definition) is 3. The monoisotopic (exact) mass is 348 g/mol. The number of carbonyl (C=O) groups is 2. The Morgan fingerprint density at radius 3 is 2.04 bits per heavy atom. The van der Waals surface area contributed by atoms with Crippen LogP contribution < -0.4 is 10.6 Å². The molecule has 2 amide bonds. The summed E-state index contributed by atoms with van der Waals surface area (Å²) >= 11 is 0. The molecule has 3 rings (SSSR count). The highest BCUT2D eigenvalue weighted by Gasteiger charge is 2.19. The number of amides is 2. The van der Waals surface area contributed by atoms with Crippen molar-refractivity contribution in [3.8, 4) is 5.69 Å². The minimum Gasteiger partial charge on any atom is -0.326 e. The zero-order valence-corrected chi connectivity index (χ0v) is 14.9. The van der Waals surface area contributed by atoms with Gasteiger partial charge < -0.3 is 10.6 Å². The Kier molecular flexibility index (Phi) is 4.84. The number of aromatic nitrogens is 2. The molecule has 0 aliphatic heterocycles.